The highest BCUT2D eigenvalue weighted by atomic mass is 35.5. The summed E-state index contributed by atoms with van der Waals surface area (Å²) in [6.45, 7) is 0. The van der Waals surface area contributed by atoms with E-state index in [9.17, 15) is 5.11 Å². The molecule has 0 radical (unpaired) electrons. The van der Waals surface area contributed by atoms with E-state index in [1.54, 1.807) is 6.07 Å². The van der Waals surface area contributed by atoms with Crippen molar-refractivity contribution in [2.24, 2.45) is 7.05 Å². The van der Waals surface area contributed by atoms with E-state index in [4.69, 9.17) is 11.6 Å². The molecule has 3 aromatic rings. The molecule has 2 aromatic carbocycles. The highest BCUT2D eigenvalue weighted by Crippen LogP contribution is 2.29. The van der Waals surface area contributed by atoms with E-state index in [1.807, 2.05) is 60.1 Å². The number of halogens is 1. The Hall–Kier alpha value is -1.82. The van der Waals surface area contributed by atoms with Crippen molar-refractivity contribution in [2.75, 3.05) is 5.75 Å². The van der Waals surface area contributed by atoms with Gasteiger partial charge >= 0.3 is 0 Å². The monoisotopic (exact) mass is 345 g/mol. The van der Waals surface area contributed by atoms with E-state index in [1.165, 1.54) is 11.8 Å². The first kappa shape index (κ1) is 16.1. The van der Waals surface area contributed by atoms with Crippen molar-refractivity contribution in [1.82, 2.24) is 14.8 Å². The molecule has 0 spiro atoms. The summed E-state index contributed by atoms with van der Waals surface area (Å²) in [7, 11) is 1.92. The van der Waals surface area contributed by atoms with Crippen LogP contribution in [0, 0.1) is 0 Å². The van der Waals surface area contributed by atoms with Gasteiger partial charge in [-0.15, -0.1) is 10.2 Å². The molecular weight excluding hydrogens is 330 g/mol. The number of nitrogens with zero attached hydrogens (tertiary/aromatic N) is 3. The van der Waals surface area contributed by atoms with Gasteiger partial charge in [0.1, 0.15) is 0 Å². The first-order valence-electron chi connectivity index (χ1n) is 7.17. The van der Waals surface area contributed by atoms with Crippen LogP contribution in [0.5, 0.6) is 0 Å². The molecular formula is C17H16ClN3OS. The van der Waals surface area contributed by atoms with Crippen molar-refractivity contribution in [3.8, 4) is 11.4 Å². The Morgan fingerprint density at radius 2 is 1.78 bits per heavy atom. The van der Waals surface area contributed by atoms with Crippen LogP contribution < -0.4 is 0 Å². The minimum absolute atomic E-state index is 0.463. The maximum absolute atomic E-state index is 10.3. The zero-order valence-corrected chi connectivity index (χ0v) is 14.1. The second-order valence-electron chi connectivity index (χ2n) is 5.08. The molecule has 23 heavy (non-hydrogen) atoms. The van der Waals surface area contributed by atoms with E-state index in [0.717, 1.165) is 22.1 Å². The quantitative estimate of drug-likeness (QED) is 0.711. The van der Waals surface area contributed by atoms with Crippen LogP contribution in [0.15, 0.2) is 59.8 Å². The maximum Gasteiger partial charge on any atom is 0.191 e. The molecule has 1 unspecified atom stereocenters. The fourth-order valence-electron chi connectivity index (χ4n) is 2.27. The molecule has 3 rings (SSSR count). The molecule has 1 heterocycles. The third-order valence-corrected chi connectivity index (χ3v) is 4.94. The van der Waals surface area contributed by atoms with Crippen molar-refractivity contribution in [3.63, 3.8) is 0 Å². The van der Waals surface area contributed by atoms with Crippen LogP contribution in [-0.4, -0.2) is 25.6 Å². The van der Waals surface area contributed by atoms with Crippen LogP contribution in [0.2, 0.25) is 5.02 Å². The normalized spacial score (nSPS) is 12.3. The fourth-order valence-corrected chi connectivity index (χ4v) is 3.39. The summed E-state index contributed by atoms with van der Waals surface area (Å²) in [4.78, 5) is 0. The highest BCUT2D eigenvalue weighted by Gasteiger charge is 2.15. The molecule has 0 aliphatic carbocycles. The molecule has 6 heteroatoms. The summed E-state index contributed by atoms with van der Waals surface area (Å²) >= 11 is 7.57. The van der Waals surface area contributed by atoms with Crippen molar-refractivity contribution in [3.05, 3.63) is 65.2 Å². The Labute approximate surface area is 144 Å². The molecule has 1 N–H and O–H groups in total. The molecule has 0 amide bonds. The van der Waals surface area contributed by atoms with Gasteiger partial charge in [0.2, 0.25) is 0 Å². The van der Waals surface area contributed by atoms with Crippen LogP contribution in [0.4, 0.5) is 0 Å². The van der Waals surface area contributed by atoms with Crippen LogP contribution in [-0.2, 0) is 7.05 Å². The molecule has 0 aliphatic heterocycles. The summed E-state index contributed by atoms with van der Waals surface area (Å²) in [6.07, 6.45) is -0.648. The third-order valence-electron chi connectivity index (χ3n) is 3.50. The van der Waals surface area contributed by atoms with E-state index in [-0.39, 0.29) is 0 Å². The number of hydrogen-bond donors (Lipinski definition) is 1. The summed E-state index contributed by atoms with van der Waals surface area (Å²) < 4.78 is 1.93. The number of thioether (sulfide) groups is 1. The van der Waals surface area contributed by atoms with Gasteiger partial charge in [-0.05, 0) is 11.6 Å². The van der Waals surface area contributed by atoms with Crippen LogP contribution in [0.25, 0.3) is 11.4 Å². The average molecular weight is 346 g/mol. The zero-order valence-electron chi connectivity index (χ0n) is 12.6. The maximum atomic E-state index is 10.3. The second-order valence-corrected chi connectivity index (χ2v) is 6.47. The van der Waals surface area contributed by atoms with Gasteiger partial charge in [-0.2, -0.15) is 0 Å². The van der Waals surface area contributed by atoms with Crippen LogP contribution in [0.3, 0.4) is 0 Å². The predicted molar refractivity (Wildman–Crippen MR) is 93.6 cm³/mol. The Bertz CT molecular complexity index is 792. The predicted octanol–water partition coefficient (Wildman–Crippen LogP) is 3.96. The SMILES string of the molecule is Cn1c(SCC(O)c2ccccc2Cl)nnc1-c1ccccc1. The minimum Gasteiger partial charge on any atom is -0.387 e. The molecule has 118 valence electrons. The highest BCUT2D eigenvalue weighted by molar-refractivity contribution is 7.99. The smallest absolute Gasteiger partial charge is 0.191 e. The largest absolute Gasteiger partial charge is 0.387 e. The summed E-state index contributed by atoms with van der Waals surface area (Å²) in [6, 6.07) is 17.2. The average Bonchev–Trinajstić information content (AvgIpc) is 2.94. The fraction of sp³-hybridized carbons (Fsp3) is 0.176. The standard InChI is InChI=1S/C17H16ClN3OS/c1-21-16(12-7-3-2-4-8-12)19-20-17(21)23-11-15(22)13-9-5-6-10-14(13)18/h2-10,15,22H,11H2,1H3. The topological polar surface area (TPSA) is 50.9 Å². The van der Waals surface area contributed by atoms with Crippen molar-refractivity contribution in [2.45, 2.75) is 11.3 Å². The lowest BCUT2D eigenvalue weighted by Crippen LogP contribution is -2.03. The third kappa shape index (κ3) is 3.58. The second kappa shape index (κ2) is 7.17. The van der Waals surface area contributed by atoms with Gasteiger partial charge in [0, 0.05) is 23.4 Å². The van der Waals surface area contributed by atoms with Gasteiger partial charge in [0.15, 0.2) is 11.0 Å². The molecule has 1 atom stereocenters. The lowest BCUT2D eigenvalue weighted by Gasteiger charge is -2.12. The van der Waals surface area contributed by atoms with Gasteiger partial charge in [-0.25, -0.2) is 0 Å². The van der Waals surface area contributed by atoms with E-state index in [0.29, 0.717) is 10.8 Å². The Balaban J connectivity index is 1.72. The zero-order chi connectivity index (χ0) is 16.2. The first-order chi connectivity index (χ1) is 11.2. The summed E-state index contributed by atoms with van der Waals surface area (Å²) in [5.41, 5.74) is 1.74. The summed E-state index contributed by atoms with van der Waals surface area (Å²) in [5, 5.41) is 20.1. The van der Waals surface area contributed by atoms with Gasteiger partial charge < -0.3 is 9.67 Å². The van der Waals surface area contributed by atoms with Gasteiger partial charge in [-0.1, -0.05) is 71.9 Å². The van der Waals surface area contributed by atoms with Crippen molar-refractivity contribution >= 4 is 23.4 Å². The van der Waals surface area contributed by atoms with Crippen LogP contribution >= 0.6 is 23.4 Å². The number of aliphatic hydroxyl groups is 1. The molecule has 4 nitrogen and oxygen atoms in total. The number of aromatic nitrogens is 3. The molecule has 0 bridgehead atoms. The lowest BCUT2D eigenvalue weighted by atomic mass is 10.1. The molecule has 0 aliphatic rings. The minimum atomic E-state index is -0.648. The molecule has 0 saturated carbocycles. The summed E-state index contributed by atoms with van der Waals surface area (Å²) in [5.74, 6) is 1.27. The van der Waals surface area contributed by atoms with Crippen molar-refractivity contribution < 1.29 is 5.11 Å². The van der Waals surface area contributed by atoms with Gasteiger partial charge in [0.05, 0.1) is 6.10 Å². The molecule has 0 fully saturated rings. The molecule has 0 saturated heterocycles. The van der Waals surface area contributed by atoms with Crippen LogP contribution in [0.1, 0.15) is 11.7 Å². The van der Waals surface area contributed by atoms with E-state index in [2.05, 4.69) is 10.2 Å². The Kier molecular flexibility index (Phi) is 5.00. The van der Waals surface area contributed by atoms with Gasteiger partial charge in [-0.3, -0.25) is 0 Å². The Morgan fingerprint density at radius 3 is 2.52 bits per heavy atom. The number of aliphatic hydroxyl groups excluding tert-OH is 1. The number of hydrogen-bond acceptors (Lipinski definition) is 4. The first-order valence-corrected chi connectivity index (χ1v) is 8.53. The number of benzene rings is 2. The Morgan fingerprint density at radius 1 is 1.09 bits per heavy atom. The van der Waals surface area contributed by atoms with Gasteiger partial charge in [0.25, 0.3) is 0 Å². The van der Waals surface area contributed by atoms with Crippen molar-refractivity contribution in [1.29, 1.82) is 0 Å². The number of rotatable bonds is 5. The lowest BCUT2D eigenvalue weighted by molar-refractivity contribution is 0.204. The molecule has 1 aromatic heterocycles. The van der Waals surface area contributed by atoms with E-state index < -0.39 is 6.10 Å². The van der Waals surface area contributed by atoms with E-state index >= 15 is 0 Å².